The highest BCUT2D eigenvalue weighted by Crippen LogP contribution is 2.34. The summed E-state index contributed by atoms with van der Waals surface area (Å²) >= 11 is 0. The van der Waals surface area contributed by atoms with E-state index in [1.807, 2.05) is 42.0 Å². The molecule has 1 fully saturated rings. The summed E-state index contributed by atoms with van der Waals surface area (Å²) in [6, 6.07) is 14.4. The SMILES string of the molecule is Cc1n[nH]c2c1c(C1CCNCC1)nc1c(-c3ccc(-c4ccccc4)nc3)cnn12. The molecule has 0 aliphatic carbocycles. The van der Waals surface area contributed by atoms with E-state index in [9.17, 15) is 0 Å². The molecule has 1 aromatic carbocycles. The van der Waals surface area contributed by atoms with E-state index < -0.39 is 0 Å². The molecule has 0 spiro atoms. The van der Waals surface area contributed by atoms with Gasteiger partial charge in [-0.15, -0.1) is 0 Å². The first-order valence-corrected chi connectivity index (χ1v) is 10.7. The molecular formula is C24H23N7. The molecule has 0 atom stereocenters. The minimum absolute atomic E-state index is 0.423. The van der Waals surface area contributed by atoms with Gasteiger partial charge < -0.3 is 5.32 Å². The first-order valence-electron chi connectivity index (χ1n) is 10.7. The van der Waals surface area contributed by atoms with Gasteiger partial charge in [0.2, 0.25) is 0 Å². The van der Waals surface area contributed by atoms with E-state index in [-0.39, 0.29) is 0 Å². The van der Waals surface area contributed by atoms with Crippen LogP contribution >= 0.6 is 0 Å². The lowest BCUT2D eigenvalue weighted by molar-refractivity contribution is 0.456. The standard InChI is InChI=1S/C24H23N7/c1-15-21-22(17-9-11-25-12-10-17)28-23-19(14-27-31(23)24(21)30-29-15)18-7-8-20(26-13-18)16-5-3-2-4-6-16/h2-8,13-14,17,25H,9-12H2,1H3,(H,29,30). The van der Waals surface area contributed by atoms with Crippen LogP contribution in [-0.2, 0) is 0 Å². The zero-order valence-corrected chi connectivity index (χ0v) is 17.3. The summed E-state index contributed by atoms with van der Waals surface area (Å²) in [5.41, 5.74) is 7.92. The molecule has 1 saturated heterocycles. The van der Waals surface area contributed by atoms with Crippen LogP contribution in [0.4, 0.5) is 0 Å². The number of benzene rings is 1. The molecule has 0 amide bonds. The summed E-state index contributed by atoms with van der Waals surface area (Å²) in [5.74, 6) is 0.423. The van der Waals surface area contributed by atoms with E-state index in [0.717, 1.165) is 76.4 Å². The average Bonchev–Trinajstić information content (AvgIpc) is 3.44. The van der Waals surface area contributed by atoms with Crippen LogP contribution in [0.3, 0.4) is 0 Å². The van der Waals surface area contributed by atoms with Crippen LogP contribution < -0.4 is 5.32 Å². The van der Waals surface area contributed by atoms with Gasteiger partial charge in [-0.3, -0.25) is 10.1 Å². The fourth-order valence-corrected chi connectivity index (χ4v) is 4.59. The van der Waals surface area contributed by atoms with E-state index in [4.69, 9.17) is 9.97 Å². The molecule has 2 N–H and O–H groups in total. The van der Waals surface area contributed by atoms with Gasteiger partial charge in [-0.25, -0.2) is 4.98 Å². The molecule has 0 radical (unpaired) electrons. The van der Waals surface area contributed by atoms with Crippen LogP contribution in [0, 0.1) is 6.92 Å². The van der Waals surface area contributed by atoms with Crippen LogP contribution in [0.15, 0.2) is 54.9 Å². The Morgan fingerprint density at radius 2 is 1.81 bits per heavy atom. The first-order chi connectivity index (χ1) is 15.3. The van der Waals surface area contributed by atoms with Gasteiger partial charge in [-0.2, -0.15) is 14.7 Å². The maximum Gasteiger partial charge on any atom is 0.165 e. The second kappa shape index (κ2) is 7.28. The van der Waals surface area contributed by atoms with Crippen molar-refractivity contribution in [1.29, 1.82) is 0 Å². The molecule has 4 aromatic heterocycles. The first kappa shape index (κ1) is 18.2. The number of pyridine rings is 1. The molecule has 5 aromatic rings. The number of piperidine rings is 1. The van der Waals surface area contributed by atoms with E-state index in [1.54, 1.807) is 0 Å². The molecule has 0 bridgehead atoms. The lowest BCUT2D eigenvalue weighted by Gasteiger charge is -2.23. The van der Waals surface area contributed by atoms with Crippen molar-refractivity contribution in [3.05, 3.63) is 66.2 Å². The Bertz CT molecular complexity index is 1360. The molecule has 0 saturated carbocycles. The zero-order valence-electron chi connectivity index (χ0n) is 17.3. The highest BCUT2D eigenvalue weighted by molar-refractivity contribution is 5.87. The van der Waals surface area contributed by atoms with Crippen molar-refractivity contribution in [1.82, 2.24) is 35.1 Å². The molecule has 1 aliphatic heterocycles. The number of aromatic nitrogens is 6. The van der Waals surface area contributed by atoms with Crippen molar-refractivity contribution in [2.24, 2.45) is 0 Å². The molecule has 31 heavy (non-hydrogen) atoms. The topological polar surface area (TPSA) is 83.8 Å². The maximum atomic E-state index is 5.16. The van der Waals surface area contributed by atoms with Gasteiger partial charge >= 0.3 is 0 Å². The maximum absolute atomic E-state index is 5.16. The Morgan fingerprint density at radius 1 is 0.968 bits per heavy atom. The van der Waals surface area contributed by atoms with E-state index in [1.165, 1.54) is 0 Å². The van der Waals surface area contributed by atoms with E-state index in [2.05, 4.69) is 44.9 Å². The van der Waals surface area contributed by atoms with Crippen molar-refractivity contribution in [2.45, 2.75) is 25.7 Å². The Labute approximate surface area is 179 Å². The molecule has 154 valence electrons. The summed E-state index contributed by atoms with van der Waals surface area (Å²) < 4.78 is 1.88. The van der Waals surface area contributed by atoms with Crippen molar-refractivity contribution in [3.63, 3.8) is 0 Å². The fourth-order valence-electron chi connectivity index (χ4n) is 4.59. The number of hydrogen-bond donors (Lipinski definition) is 2. The van der Waals surface area contributed by atoms with Crippen LogP contribution in [-0.4, -0.2) is 42.9 Å². The van der Waals surface area contributed by atoms with Crippen molar-refractivity contribution >= 4 is 16.7 Å². The summed E-state index contributed by atoms with van der Waals surface area (Å²) in [6.45, 7) is 4.08. The Balaban J connectivity index is 1.49. The summed E-state index contributed by atoms with van der Waals surface area (Å²) in [4.78, 5) is 9.86. The van der Waals surface area contributed by atoms with Crippen LogP contribution in [0.2, 0.25) is 0 Å². The molecule has 7 nitrogen and oxygen atoms in total. The number of fused-ring (bicyclic) bond motifs is 3. The second-order valence-corrected chi connectivity index (χ2v) is 8.15. The number of nitrogens with one attached hydrogen (secondary N) is 2. The lowest BCUT2D eigenvalue weighted by Crippen LogP contribution is -2.27. The second-order valence-electron chi connectivity index (χ2n) is 8.15. The summed E-state index contributed by atoms with van der Waals surface area (Å²) in [5, 5.41) is 16.9. The van der Waals surface area contributed by atoms with E-state index in [0.29, 0.717) is 5.92 Å². The van der Waals surface area contributed by atoms with Crippen LogP contribution in [0.5, 0.6) is 0 Å². The highest BCUT2D eigenvalue weighted by Gasteiger charge is 2.24. The van der Waals surface area contributed by atoms with Gasteiger partial charge in [-0.1, -0.05) is 36.4 Å². The number of nitrogens with zero attached hydrogens (tertiary/aromatic N) is 5. The smallest absolute Gasteiger partial charge is 0.165 e. The Hall–Kier alpha value is -3.58. The van der Waals surface area contributed by atoms with Crippen LogP contribution in [0.1, 0.15) is 30.1 Å². The van der Waals surface area contributed by atoms with Gasteiger partial charge in [-0.05, 0) is 38.9 Å². The molecular weight excluding hydrogens is 386 g/mol. The lowest BCUT2D eigenvalue weighted by atomic mass is 9.92. The van der Waals surface area contributed by atoms with Crippen molar-refractivity contribution in [2.75, 3.05) is 13.1 Å². The number of aryl methyl sites for hydroxylation is 1. The third kappa shape index (κ3) is 3.00. The quantitative estimate of drug-likeness (QED) is 0.468. The van der Waals surface area contributed by atoms with Gasteiger partial charge in [0.15, 0.2) is 11.3 Å². The molecule has 6 rings (SSSR count). The highest BCUT2D eigenvalue weighted by atomic mass is 15.3. The number of aromatic amines is 1. The Kier molecular flexibility index (Phi) is 4.28. The minimum Gasteiger partial charge on any atom is -0.317 e. The zero-order chi connectivity index (χ0) is 20.8. The molecule has 1 aliphatic rings. The predicted octanol–water partition coefficient (Wildman–Crippen LogP) is 4.11. The number of H-pyrrole nitrogens is 1. The van der Waals surface area contributed by atoms with Gasteiger partial charge in [0.1, 0.15) is 0 Å². The third-order valence-corrected chi connectivity index (χ3v) is 6.24. The summed E-state index contributed by atoms with van der Waals surface area (Å²) in [6.07, 6.45) is 5.95. The average molecular weight is 409 g/mol. The molecule has 7 heteroatoms. The van der Waals surface area contributed by atoms with Gasteiger partial charge in [0.05, 0.1) is 28.7 Å². The molecule has 0 unspecified atom stereocenters. The van der Waals surface area contributed by atoms with Crippen molar-refractivity contribution in [3.8, 4) is 22.4 Å². The number of hydrogen-bond acceptors (Lipinski definition) is 5. The monoisotopic (exact) mass is 409 g/mol. The van der Waals surface area contributed by atoms with Gasteiger partial charge in [0.25, 0.3) is 0 Å². The van der Waals surface area contributed by atoms with E-state index >= 15 is 0 Å². The van der Waals surface area contributed by atoms with Crippen molar-refractivity contribution < 1.29 is 0 Å². The largest absolute Gasteiger partial charge is 0.317 e. The minimum atomic E-state index is 0.423. The third-order valence-electron chi connectivity index (χ3n) is 6.24. The number of rotatable bonds is 3. The Morgan fingerprint density at radius 3 is 2.58 bits per heavy atom. The predicted molar refractivity (Wildman–Crippen MR) is 121 cm³/mol. The van der Waals surface area contributed by atoms with Crippen LogP contribution in [0.25, 0.3) is 39.1 Å². The normalized spacial score (nSPS) is 15.1. The fraction of sp³-hybridized carbons (Fsp3) is 0.250. The van der Waals surface area contributed by atoms with Gasteiger partial charge in [0, 0.05) is 28.8 Å². The summed E-state index contributed by atoms with van der Waals surface area (Å²) in [7, 11) is 0. The molecule has 5 heterocycles.